The van der Waals surface area contributed by atoms with Gasteiger partial charge in [0.25, 0.3) is 0 Å². The van der Waals surface area contributed by atoms with Gasteiger partial charge in [-0.2, -0.15) is 0 Å². The molecule has 0 fully saturated rings. The summed E-state index contributed by atoms with van der Waals surface area (Å²) in [6, 6.07) is -0.815. The van der Waals surface area contributed by atoms with Gasteiger partial charge in [-0.15, -0.1) is 0 Å². The average Bonchev–Trinajstić information content (AvgIpc) is 2.25. The van der Waals surface area contributed by atoms with Gasteiger partial charge >= 0.3 is 0 Å². The summed E-state index contributed by atoms with van der Waals surface area (Å²) in [6.07, 6.45) is 2.09. The summed E-state index contributed by atoms with van der Waals surface area (Å²) < 4.78 is 0. The quantitative estimate of drug-likeness (QED) is 0.167. The van der Waals surface area contributed by atoms with Gasteiger partial charge in [-0.1, -0.05) is 0 Å². The number of hydrogen-bond acceptors (Lipinski definition) is 4. The molecule has 0 spiro atoms. The molecule has 0 aliphatic carbocycles. The highest BCUT2D eigenvalue weighted by atomic mass is 16.3. The van der Waals surface area contributed by atoms with Gasteiger partial charge in [0.2, 0.25) is 5.91 Å². The lowest BCUT2D eigenvalue weighted by molar-refractivity contribution is -0.124. The van der Waals surface area contributed by atoms with E-state index in [0.29, 0.717) is 25.7 Å². The van der Waals surface area contributed by atoms with E-state index in [2.05, 4.69) is 10.3 Å². The fourth-order valence-corrected chi connectivity index (χ4v) is 1.01. The standard InChI is InChI=1S/C9H18N4O3/c10-9(11)12-4-2-1-3-8(16)13-7(5-14)6-15/h5,7,15H,1-4,6H2,(H,13,16)(H4,10,11,12)/t7-/m1/s1. The van der Waals surface area contributed by atoms with Crippen molar-refractivity contribution < 1.29 is 14.7 Å². The van der Waals surface area contributed by atoms with E-state index in [1.807, 2.05) is 0 Å². The van der Waals surface area contributed by atoms with E-state index in [1.54, 1.807) is 0 Å². The van der Waals surface area contributed by atoms with Gasteiger partial charge in [-0.3, -0.25) is 9.79 Å². The maximum absolute atomic E-state index is 11.2. The number of aldehydes is 1. The number of aliphatic hydroxyl groups excluding tert-OH is 1. The number of aliphatic imine (C=N–C) groups is 1. The first-order valence-corrected chi connectivity index (χ1v) is 5.01. The van der Waals surface area contributed by atoms with Crippen molar-refractivity contribution in [3.8, 4) is 0 Å². The Morgan fingerprint density at radius 1 is 1.44 bits per heavy atom. The minimum absolute atomic E-state index is 0.0331. The Bertz CT molecular complexity index is 251. The minimum Gasteiger partial charge on any atom is -0.394 e. The summed E-state index contributed by atoms with van der Waals surface area (Å²) in [5.74, 6) is -0.235. The number of amides is 1. The number of hydrogen-bond donors (Lipinski definition) is 4. The number of guanidine groups is 1. The molecule has 0 bridgehead atoms. The molecule has 0 aromatic rings. The molecule has 92 valence electrons. The summed E-state index contributed by atoms with van der Waals surface area (Å²) in [7, 11) is 0. The van der Waals surface area contributed by atoms with Crippen molar-refractivity contribution in [1.29, 1.82) is 0 Å². The van der Waals surface area contributed by atoms with E-state index < -0.39 is 6.04 Å². The number of aliphatic hydroxyl groups is 1. The first-order valence-electron chi connectivity index (χ1n) is 5.01. The molecule has 6 N–H and O–H groups in total. The predicted molar refractivity (Wildman–Crippen MR) is 59.6 cm³/mol. The van der Waals surface area contributed by atoms with Crippen molar-refractivity contribution >= 4 is 18.2 Å². The molecule has 0 radical (unpaired) electrons. The van der Waals surface area contributed by atoms with Crippen molar-refractivity contribution in [3.63, 3.8) is 0 Å². The van der Waals surface area contributed by atoms with Gasteiger partial charge in [0.1, 0.15) is 12.3 Å². The van der Waals surface area contributed by atoms with Crippen LogP contribution in [0.1, 0.15) is 19.3 Å². The van der Waals surface area contributed by atoms with Gasteiger partial charge in [0.15, 0.2) is 5.96 Å². The maximum atomic E-state index is 11.2. The highest BCUT2D eigenvalue weighted by Crippen LogP contribution is 1.96. The zero-order chi connectivity index (χ0) is 12.4. The van der Waals surface area contributed by atoms with Crippen molar-refractivity contribution in [1.82, 2.24) is 5.32 Å². The first kappa shape index (κ1) is 14.4. The van der Waals surface area contributed by atoms with E-state index >= 15 is 0 Å². The summed E-state index contributed by atoms with van der Waals surface area (Å²) in [4.78, 5) is 25.3. The highest BCUT2D eigenvalue weighted by molar-refractivity contribution is 5.79. The van der Waals surface area contributed by atoms with Crippen LogP contribution in [0.5, 0.6) is 0 Å². The number of carbonyl (C=O) groups excluding carboxylic acids is 2. The summed E-state index contributed by atoms with van der Waals surface area (Å²) in [5.41, 5.74) is 10.2. The van der Waals surface area contributed by atoms with Crippen molar-refractivity contribution in [3.05, 3.63) is 0 Å². The zero-order valence-electron chi connectivity index (χ0n) is 9.06. The van der Waals surface area contributed by atoms with Crippen LogP contribution in [0.2, 0.25) is 0 Å². The minimum atomic E-state index is -0.815. The molecule has 0 aliphatic heterocycles. The molecule has 1 atom stereocenters. The molecule has 7 heteroatoms. The Balaban J connectivity index is 3.58. The van der Waals surface area contributed by atoms with Crippen molar-refractivity contribution in [2.24, 2.45) is 16.5 Å². The van der Waals surface area contributed by atoms with Crippen LogP contribution in [-0.4, -0.2) is 42.5 Å². The maximum Gasteiger partial charge on any atom is 0.220 e. The summed E-state index contributed by atoms with van der Waals surface area (Å²) in [5, 5.41) is 11.0. The lowest BCUT2D eigenvalue weighted by atomic mass is 10.2. The van der Waals surface area contributed by atoms with E-state index in [-0.39, 0.29) is 24.9 Å². The van der Waals surface area contributed by atoms with Crippen LogP contribution in [0.25, 0.3) is 0 Å². The van der Waals surface area contributed by atoms with Crippen LogP contribution in [-0.2, 0) is 9.59 Å². The van der Waals surface area contributed by atoms with Gasteiger partial charge in [-0.25, -0.2) is 0 Å². The largest absolute Gasteiger partial charge is 0.394 e. The zero-order valence-corrected chi connectivity index (χ0v) is 9.06. The fourth-order valence-electron chi connectivity index (χ4n) is 1.01. The van der Waals surface area contributed by atoms with Crippen LogP contribution < -0.4 is 16.8 Å². The van der Waals surface area contributed by atoms with Gasteiger partial charge in [-0.05, 0) is 12.8 Å². The Morgan fingerprint density at radius 2 is 2.12 bits per heavy atom. The average molecular weight is 230 g/mol. The molecule has 16 heavy (non-hydrogen) atoms. The van der Waals surface area contributed by atoms with Crippen LogP contribution >= 0.6 is 0 Å². The second kappa shape index (κ2) is 8.66. The molecule has 0 unspecified atom stereocenters. The second-order valence-corrected chi connectivity index (χ2v) is 3.26. The number of unbranched alkanes of at least 4 members (excludes halogenated alkanes) is 1. The summed E-state index contributed by atoms with van der Waals surface area (Å²) >= 11 is 0. The first-order chi connectivity index (χ1) is 7.60. The number of nitrogens with two attached hydrogens (primary N) is 2. The molecular weight excluding hydrogens is 212 g/mol. The Kier molecular flexibility index (Phi) is 7.78. The van der Waals surface area contributed by atoms with Gasteiger partial charge in [0.05, 0.1) is 6.61 Å². The normalized spacial score (nSPS) is 11.6. The number of carbonyl (C=O) groups is 2. The van der Waals surface area contributed by atoms with Crippen molar-refractivity contribution in [2.45, 2.75) is 25.3 Å². The number of nitrogens with one attached hydrogen (secondary N) is 1. The smallest absolute Gasteiger partial charge is 0.220 e. The monoisotopic (exact) mass is 230 g/mol. The Hall–Kier alpha value is -1.63. The molecular formula is C9H18N4O3. The lowest BCUT2D eigenvalue weighted by Crippen LogP contribution is -2.38. The van der Waals surface area contributed by atoms with Crippen LogP contribution in [0.15, 0.2) is 4.99 Å². The summed E-state index contributed by atoms with van der Waals surface area (Å²) in [6.45, 7) is 0.0932. The van der Waals surface area contributed by atoms with Gasteiger partial charge in [0, 0.05) is 13.0 Å². The van der Waals surface area contributed by atoms with Crippen LogP contribution in [0, 0.1) is 0 Å². The second-order valence-electron chi connectivity index (χ2n) is 3.26. The van der Waals surface area contributed by atoms with E-state index in [4.69, 9.17) is 16.6 Å². The Morgan fingerprint density at radius 3 is 2.62 bits per heavy atom. The molecule has 0 rings (SSSR count). The predicted octanol–water partition coefficient (Wildman–Crippen LogP) is -1.89. The van der Waals surface area contributed by atoms with Crippen LogP contribution in [0.3, 0.4) is 0 Å². The molecule has 0 heterocycles. The Labute approximate surface area is 93.9 Å². The third kappa shape index (κ3) is 7.74. The van der Waals surface area contributed by atoms with Gasteiger partial charge < -0.3 is 26.7 Å². The fraction of sp³-hybridized carbons (Fsp3) is 0.667. The molecule has 7 nitrogen and oxygen atoms in total. The number of rotatable bonds is 8. The topological polar surface area (TPSA) is 131 Å². The lowest BCUT2D eigenvalue weighted by Gasteiger charge is -2.08. The molecule has 0 aromatic carbocycles. The third-order valence-electron chi connectivity index (χ3n) is 1.81. The van der Waals surface area contributed by atoms with E-state index in [0.717, 1.165) is 0 Å². The number of nitrogens with zero attached hydrogens (tertiary/aromatic N) is 1. The van der Waals surface area contributed by atoms with Crippen molar-refractivity contribution in [2.75, 3.05) is 13.2 Å². The SMILES string of the molecule is NC(N)=NCCCCC(=O)N[C@H](C=O)CO. The molecule has 0 aliphatic rings. The molecule has 0 saturated heterocycles. The highest BCUT2D eigenvalue weighted by Gasteiger charge is 2.08. The van der Waals surface area contributed by atoms with E-state index in [9.17, 15) is 9.59 Å². The van der Waals surface area contributed by atoms with E-state index in [1.165, 1.54) is 0 Å². The third-order valence-corrected chi connectivity index (χ3v) is 1.81. The molecule has 0 aromatic heterocycles. The molecule has 0 saturated carbocycles. The molecule has 1 amide bonds. The van der Waals surface area contributed by atoms with Crippen LogP contribution in [0.4, 0.5) is 0 Å².